The molecule has 0 aromatic carbocycles. The topological polar surface area (TPSA) is 59.1 Å². The first kappa shape index (κ1) is 14.8. The van der Waals surface area contributed by atoms with Gasteiger partial charge in [-0.1, -0.05) is 6.08 Å². The molecular formula is C15H18BrNO4. The maximum absolute atomic E-state index is 12.4. The van der Waals surface area contributed by atoms with Gasteiger partial charge in [0.2, 0.25) is 5.78 Å². The summed E-state index contributed by atoms with van der Waals surface area (Å²) in [7, 11) is 0. The quantitative estimate of drug-likeness (QED) is 0.495. The number of hydrogen-bond acceptors (Lipinski definition) is 4. The number of piperidine rings is 1. The summed E-state index contributed by atoms with van der Waals surface area (Å²) >= 11 is 3.34. The van der Waals surface area contributed by atoms with E-state index < -0.39 is 17.3 Å². The van der Waals surface area contributed by atoms with Crippen LogP contribution < -0.4 is 0 Å². The third-order valence-electron chi connectivity index (χ3n) is 3.92. The maximum Gasteiger partial charge on any atom is 0.414 e. The van der Waals surface area contributed by atoms with Crippen molar-refractivity contribution >= 4 is 27.8 Å². The van der Waals surface area contributed by atoms with E-state index >= 15 is 0 Å². The van der Waals surface area contributed by atoms with Gasteiger partial charge in [-0.15, -0.1) is 0 Å². The molecule has 2 aliphatic heterocycles. The van der Waals surface area contributed by atoms with E-state index in [0.29, 0.717) is 28.7 Å². The fourth-order valence-electron chi connectivity index (χ4n) is 3.11. The molecule has 114 valence electrons. The maximum atomic E-state index is 12.4. The van der Waals surface area contributed by atoms with E-state index in [9.17, 15) is 9.59 Å². The second-order valence-electron chi connectivity index (χ2n) is 6.46. The number of carbonyl (C=O) groups is 2. The number of ketones is 1. The van der Waals surface area contributed by atoms with E-state index in [1.807, 2.05) is 27.7 Å². The second-order valence-corrected chi connectivity index (χ2v) is 7.25. The van der Waals surface area contributed by atoms with Crippen LogP contribution in [0.1, 0.15) is 34.1 Å². The van der Waals surface area contributed by atoms with Crippen LogP contribution in [0.3, 0.4) is 0 Å². The minimum absolute atomic E-state index is 0.0172. The van der Waals surface area contributed by atoms with Crippen LogP contribution in [0.2, 0.25) is 0 Å². The Kier molecular flexibility index (Phi) is 3.12. The molecule has 3 aliphatic rings. The van der Waals surface area contributed by atoms with E-state index in [2.05, 4.69) is 15.9 Å². The molecule has 1 amide bonds. The summed E-state index contributed by atoms with van der Waals surface area (Å²) in [5.74, 6) is -0.106. The van der Waals surface area contributed by atoms with Gasteiger partial charge in [0.05, 0.1) is 10.2 Å². The predicted octanol–water partition coefficient (Wildman–Crippen LogP) is 2.90. The van der Waals surface area contributed by atoms with Crippen molar-refractivity contribution in [3.8, 4) is 0 Å². The number of amides is 1. The molecule has 0 saturated carbocycles. The predicted molar refractivity (Wildman–Crippen MR) is 79.9 cm³/mol. The fraction of sp³-hybridized carbons (Fsp3) is 0.600. The Morgan fingerprint density at radius 3 is 2.76 bits per heavy atom. The minimum atomic E-state index is -0.736. The number of hydrogen-bond donors (Lipinski definition) is 0. The summed E-state index contributed by atoms with van der Waals surface area (Å²) in [5, 5.41) is 0. The van der Waals surface area contributed by atoms with Gasteiger partial charge in [-0.2, -0.15) is 0 Å². The zero-order valence-corrected chi connectivity index (χ0v) is 14.1. The number of nitrogens with zero attached hydrogens (tertiary/aromatic N) is 1. The van der Waals surface area contributed by atoms with Crippen LogP contribution in [-0.4, -0.2) is 40.6 Å². The number of rotatable bonds is 0. The van der Waals surface area contributed by atoms with E-state index in [0.717, 1.165) is 0 Å². The van der Waals surface area contributed by atoms with Gasteiger partial charge in [-0.3, -0.25) is 9.69 Å². The smallest absolute Gasteiger partial charge is 0.414 e. The summed E-state index contributed by atoms with van der Waals surface area (Å²) in [5.41, 5.74) is -0.0987. The highest BCUT2D eigenvalue weighted by atomic mass is 79.9. The Balaban J connectivity index is 1.99. The van der Waals surface area contributed by atoms with Crippen LogP contribution >= 0.6 is 15.9 Å². The number of ether oxygens (including phenoxy) is 2. The molecule has 0 unspecified atom stereocenters. The van der Waals surface area contributed by atoms with Gasteiger partial charge in [0.1, 0.15) is 11.7 Å². The van der Waals surface area contributed by atoms with Crippen LogP contribution in [0.25, 0.3) is 0 Å². The van der Waals surface area contributed by atoms with Crippen molar-refractivity contribution in [2.45, 2.75) is 51.4 Å². The van der Waals surface area contributed by atoms with Gasteiger partial charge in [0.15, 0.2) is 5.60 Å². The van der Waals surface area contributed by atoms with Gasteiger partial charge in [-0.05, 0) is 50.0 Å². The fourth-order valence-corrected chi connectivity index (χ4v) is 3.83. The lowest BCUT2D eigenvalue weighted by Crippen LogP contribution is -2.44. The molecule has 2 fully saturated rings. The Morgan fingerprint density at radius 1 is 1.52 bits per heavy atom. The van der Waals surface area contributed by atoms with Crippen LogP contribution in [0.5, 0.6) is 0 Å². The van der Waals surface area contributed by atoms with Crippen molar-refractivity contribution < 1.29 is 19.1 Å². The molecule has 21 heavy (non-hydrogen) atoms. The van der Waals surface area contributed by atoms with Gasteiger partial charge < -0.3 is 9.47 Å². The first-order valence-electron chi connectivity index (χ1n) is 7.02. The molecular weight excluding hydrogens is 338 g/mol. The van der Waals surface area contributed by atoms with Crippen molar-refractivity contribution in [1.82, 2.24) is 4.90 Å². The van der Waals surface area contributed by atoms with Crippen molar-refractivity contribution in [3.05, 3.63) is 21.8 Å². The second kappa shape index (κ2) is 4.43. The Labute approximate surface area is 132 Å². The van der Waals surface area contributed by atoms with Crippen molar-refractivity contribution in [1.29, 1.82) is 0 Å². The zero-order valence-electron chi connectivity index (χ0n) is 12.5. The third kappa shape index (κ3) is 1.99. The highest BCUT2D eigenvalue weighted by Crippen LogP contribution is 2.60. The molecule has 0 aromatic heterocycles. The van der Waals surface area contributed by atoms with Crippen LogP contribution in [0, 0.1) is 0 Å². The number of likely N-dealkylation sites (tertiary alicyclic amines) is 1. The van der Waals surface area contributed by atoms with Gasteiger partial charge >= 0.3 is 6.09 Å². The molecule has 2 heterocycles. The number of Topliss-reactive ketones (excluding diaryl/α,β-unsaturated/α-hetero) is 1. The number of epoxide rings is 1. The Morgan fingerprint density at radius 2 is 2.19 bits per heavy atom. The van der Waals surface area contributed by atoms with Crippen molar-refractivity contribution in [2.75, 3.05) is 6.54 Å². The standard InChI is InChI=1S/C15H18BrNO4/c1-5-8-11(18)10(16)12-15(8)9(20-15)6-7-17(12)13(19)21-14(2,3)4/h5,9H,6-7H2,1-4H3/b8-5+/t9-,15-/m1/s1. The van der Waals surface area contributed by atoms with E-state index in [1.54, 1.807) is 6.08 Å². The van der Waals surface area contributed by atoms with E-state index in [4.69, 9.17) is 9.47 Å². The van der Waals surface area contributed by atoms with Gasteiger partial charge in [-0.25, -0.2) is 4.79 Å². The van der Waals surface area contributed by atoms with Crippen LogP contribution in [-0.2, 0) is 14.3 Å². The Hall–Kier alpha value is -1.14. The first-order valence-corrected chi connectivity index (χ1v) is 7.81. The molecule has 1 spiro atoms. The monoisotopic (exact) mass is 355 g/mol. The Bertz CT molecular complexity index is 601. The lowest BCUT2D eigenvalue weighted by Gasteiger charge is -2.32. The highest BCUT2D eigenvalue weighted by molar-refractivity contribution is 9.12. The van der Waals surface area contributed by atoms with Gasteiger partial charge in [0, 0.05) is 12.1 Å². The largest absolute Gasteiger partial charge is 0.443 e. The van der Waals surface area contributed by atoms with Crippen LogP contribution in [0.4, 0.5) is 4.79 Å². The third-order valence-corrected chi connectivity index (χ3v) is 4.65. The van der Waals surface area contributed by atoms with Crippen LogP contribution in [0.15, 0.2) is 21.8 Å². The summed E-state index contributed by atoms with van der Waals surface area (Å²) < 4.78 is 11.7. The van der Waals surface area contributed by atoms with E-state index in [-0.39, 0.29) is 11.9 Å². The zero-order chi connectivity index (χ0) is 15.6. The number of halogens is 1. The van der Waals surface area contributed by atoms with E-state index in [1.165, 1.54) is 4.90 Å². The molecule has 5 nitrogen and oxygen atoms in total. The normalized spacial score (nSPS) is 33.2. The SMILES string of the molecule is C/C=C1\C(=O)C(Br)=C2N(C(=O)OC(C)(C)C)CC[C@H]3O[C@]213. The molecule has 3 rings (SSSR count). The number of allylic oxidation sites excluding steroid dienone is 2. The van der Waals surface area contributed by atoms with Gasteiger partial charge in [0.25, 0.3) is 0 Å². The summed E-state index contributed by atoms with van der Waals surface area (Å²) in [6, 6.07) is 0. The lowest BCUT2D eigenvalue weighted by atomic mass is 9.90. The molecule has 0 radical (unpaired) electrons. The first-order chi connectivity index (χ1) is 9.72. The summed E-state index contributed by atoms with van der Waals surface area (Å²) in [6.45, 7) is 7.78. The average Bonchev–Trinajstić information content (AvgIpc) is 3.05. The molecule has 2 atom stereocenters. The highest BCUT2D eigenvalue weighted by Gasteiger charge is 2.71. The van der Waals surface area contributed by atoms with Crippen molar-refractivity contribution in [2.24, 2.45) is 0 Å². The molecule has 0 N–H and O–H groups in total. The average molecular weight is 356 g/mol. The molecule has 1 aliphatic carbocycles. The molecule has 2 saturated heterocycles. The molecule has 6 heteroatoms. The molecule has 0 aromatic rings. The van der Waals surface area contributed by atoms with Crippen molar-refractivity contribution in [3.63, 3.8) is 0 Å². The number of carbonyl (C=O) groups excluding carboxylic acids is 2. The summed E-state index contributed by atoms with van der Waals surface area (Å²) in [6.07, 6.45) is 2.02. The summed E-state index contributed by atoms with van der Waals surface area (Å²) in [4.78, 5) is 26.3. The minimum Gasteiger partial charge on any atom is -0.443 e. The molecule has 0 bridgehead atoms. The lowest BCUT2D eigenvalue weighted by molar-refractivity contribution is -0.111.